The fraction of sp³-hybridized carbons (Fsp3) is 0.615. The molecule has 0 bridgehead atoms. The van der Waals surface area contributed by atoms with Crippen LogP contribution in [0.5, 0.6) is 0 Å². The zero-order valence-electron chi connectivity index (χ0n) is 10.7. The number of nitrogens with one attached hydrogen (secondary N) is 1. The van der Waals surface area contributed by atoms with Gasteiger partial charge in [-0.1, -0.05) is 13.8 Å². The van der Waals surface area contributed by atoms with Crippen LogP contribution in [0.15, 0.2) is 12.1 Å². The third-order valence-corrected chi connectivity index (χ3v) is 2.90. The van der Waals surface area contributed by atoms with Crippen LogP contribution in [0.2, 0.25) is 0 Å². The Kier molecular flexibility index (Phi) is 4.00. The molecule has 0 unspecified atom stereocenters. The molecule has 0 aliphatic heterocycles. The summed E-state index contributed by atoms with van der Waals surface area (Å²) in [5.41, 5.74) is 6.00. The molecule has 3 heteroatoms. The van der Waals surface area contributed by atoms with Crippen molar-refractivity contribution in [1.82, 2.24) is 4.68 Å². The van der Waals surface area contributed by atoms with Crippen molar-refractivity contribution in [3.63, 3.8) is 0 Å². The molecule has 16 heavy (non-hydrogen) atoms. The summed E-state index contributed by atoms with van der Waals surface area (Å²) in [6, 6.07) is 6.41. The van der Waals surface area contributed by atoms with Crippen LogP contribution >= 0.6 is 0 Å². The van der Waals surface area contributed by atoms with Crippen LogP contribution < -0.4 is 5.43 Å². The lowest BCUT2D eigenvalue weighted by molar-refractivity contribution is 0.352. The highest BCUT2D eigenvalue weighted by Crippen LogP contribution is 2.21. The van der Waals surface area contributed by atoms with E-state index < -0.39 is 0 Å². The molecular weight excluding hydrogens is 198 g/mol. The van der Waals surface area contributed by atoms with Crippen molar-refractivity contribution >= 4 is 0 Å². The molecule has 1 aromatic rings. The maximum absolute atomic E-state index is 8.59. The molecule has 0 saturated heterocycles. The number of aryl methyl sites for hydroxylation is 2. The molecule has 0 fully saturated rings. The average molecular weight is 219 g/mol. The highest BCUT2D eigenvalue weighted by atomic mass is 15.4. The minimum atomic E-state index is 0.152. The summed E-state index contributed by atoms with van der Waals surface area (Å²) in [6.07, 6.45) is 1.55. The van der Waals surface area contributed by atoms with Gasteiger partial charge in [-0.2, -0.15) is 5.26 Å². The van der Waals surface area contributed by atoms with Gasteiger partial charge in [0.1, 0.15) is 0 Å². The topological polar surface area (TPSA) is 40.8 Å². The second kappa shape index (κ2) is 5.07. The van der Waals surface area contributed by atoms with Crippen molar-refractivity contribution in [2.45, 2.75) is 40.5 Å². The fourth-order valence-electron chi connectivity index (χ4n) is 1.69. The monoisotopic (exact) mass is 219 g/mol. The first kappa shape index (κ1) is 12.6. The Morgan fingerprint density at radius 3 is 2.38 bits per heavy atom. The number of rotatable bonds is 5. The first-order chi connectivity index (χ1) is 7.46. The van der Waals surface area contributed by atoms with E-state index in [1.54, 1.807) is 0 Å². The lowest BCUT2D eigenvalue weighted by Gasteiger charge is -2.25. The van der Waals surface area contributed by atoms with E-state index in [2.05, 4.69) is 56.0 Å². The normalized spacial score (nSPS) is 11.2. The van der Waals surface area contributed by atoms with E-state index in [1.165, 1.54) is 11.4 Å². The highest BCUT2D eigenvalue weighted by Gasteiger charge is 2.17. The molecule has 0 aliphatic carbocycles. The standard InChI is InChI=1S/C13H21N3/c1-11-6-7-12(2)16(11)15-10-13(3,4)8-5-9-14/h6-7,15H,5,8,10H2,1-4H3. The van der Waals surface area contributed by atoms with Gasteiger partial charge < -0.3 is 5.43 Å². The summed E-state index contributed by atoms with van der Waals surface area (Å²) in [5.74, 6) is 0. The number of hydrogen-bond donors (Lipinski definition) is 1. The van der Waals surface area contributed by atoms with Crippen molar-refractivity contribution in [2.24, 2.45) is 5.41 Å². The van der Waals surface area contributed by atoms with Crippen molar-refractivity contribution in [3.8, 4) is 6.07 Å². The van der Waals surface area contributed by atoms with Crippen LogP contribution in [0, 0.1) is 30.6 Å². The van der Waals surface area contributed by atoms with E-state index in [0.717, 1.165) is 13.0 Å². The molecule has 1 rings (SSSR count). The van der Waals surface area contributed by atoms with E-state index in [9.17, 15) is 0 Å². The van der Waals surface area contributed by atoms with Crippen LogP contribution in [-0.2, 0) is 0 Å². The molecule has 1 N–H and O–H groups in total. The van der Waals surface area contributed by atoms with Crippen molar-refractivity contribution < 1.29 is 0 Å². The minimum absolute atomic E-state index is 0.152. The van der Waals surface area contributed by atoms with Crippen molar-refractivity contribution in [1.29, 1.82) is 5.26 Å². The van der Waals surface area contributed by atoms with Crippen LogP contribution in [0.1, 0.15) is 38.1 Å². The number of nitrogens with zero attached hydrogens (tertiary/aromatic N) is 2. The molecule has 0 atom stereocenters. The average Bonchev–Trinajstić information content (AvgIpc) is 2.53. The highest BCUT2D eigenvalue weighted by molar-refractivity contribution is 5.15. The molecule has 0 aromatic carbocycles. The summed E-state index contributed by atoms with van der Waals surface area (Å²) < 4.78 is 2.11. The summed E-state index contributed by atoms with van der Waals surface area (Å²) >= 11 is 0. The lowest BCUT2D eigenvalue weighted by atomic mass is 9.88. The predicted octanol–water partition coefficient (Wildman–Crippen LogP) is 2.98. The molecule has 1 heterocycles. The van der Waals surface area contributed by atoms with E-state index >= 15 is 0 Å². The Morgan fingerprint density at radius 2 is 1.88 bits per heavy atom. The van der Waals surface area contributed by atoms with Gasteiger partial charge in [0.05, 0.1) is 6.07 Å². The number of hydrogen-bond acceptors (Lipinski definition) is 2. The second-order valence-corrected chi connectivity index (χ2v) is 5.11. The van der Waals surface area contributed by atoms with Gasteiger partial charge in [-0.25, -0.2) is 0 Å². The second-order valence-electron chi connectivity index (χ2n) is 5.11. The quantitative estimate of drug-likeness (QED) is 0.827. The molecule has 0 saturated carbocycles. The summed E-state index contributed by atoms with van der Waals surface area (Å²) in [5, 5.41) is 8.59. The molecule has 0 spiro atoms. The Labute approximate surface area is 98.0 Å². The molecule has 0 radical (unpaired) electrons. The molecule has 1 aromatic heterocycles. The van der Waals surface area contributed by atoms with Crippen molar-refractivity contribution in [2.75, 3.05) is 12.0 Å². The minimum Gasteiger partial charge on any atom is -0.325 e. The Balaban J connectivity index is 2.54. The SMILES string of the molecule is Cc1ccc(C)n1NCC(C)(C)CCC#N. The maximum atomic E-state index is 8.59. The van der Waals surface area contributed by atoms with E-state index in [-0.39, 0.29) is 5.41 Å². The summed E-state index contributed by atoms with van der Waals surface area (Å²) in [6.45, 7) is 9.42. The van der Waals surface area contributed by atoms with Crippen LogP contribution in [0.25, 0.3) is 0 Å². The third-order valence-electron chi connectivity index (χ3n) is 2.90. The zero-order valence-corrected chi connectivity index (χ0v) is 10.7. The predicted molar refractivity (Wildman–Crippen MR) is 66.8 cm³/mol. The van der Waals surface area contributed by atoms with Crippen molar-refractivity contribution in [3.05, 3.63) is 23.5 Å². The Bertz CT molecular complexity index is 363. The van der Waals surface area contributed by atoms with E-state index in [1.807, 2.05) is 0 Å². The number of aromatic nitrogens is 1. The largest absolute Gasteiger partial charge is 0.325 e. The van der Waals surface area contributed by atoms with Crippen LogP contribution in [-0.4, -0.2) is 11.2 Å². The summed E-state index contributed by atoms with van der Waals surface area (Å²) in [4.78, 5) is 0. The maximum Gasteiger partial charge on any atom is 0.0621 e. The lowest BCUT2D eigenvalue weighted by Crippen LogP contribution is -2.29. The molecule has 88 valence electrons. The first-order valence-corrected chi connectivity index (χ1v) is 5.72. The Morgan fingerprint density at radius 1 is 1.31 bits per heavy atom. The van der Waals surface area contributed by atoms with Gasteiger partial charge in [0, 0.05) is 24.4 Å². The molecule has 3 nitrogen and oxygen atoms in total. The van der Waals surface area contributed by atoms with E-state index in [0.29, 0.717) is 6.42 Å². The van der Waals surface area contributed by atoms with E-state index in [4.69, 9.17) is 5.26 Å². The van der Waals surface area contributed by atoms with Gasteiger partial charge in [0.15, 0.2) is 0 Å². The van der Waals surface area contributed by atoms with Crippen LogP contribution in [0.4, 0.5) is 0 Å². The first-order valence-electron chi connectivity index (χ1n) is 5.72. The fourth-order valence-corrected chi connectivity index (χ4v) is 1.69. The Hall–Kier alpha value is -1.43. The zero-order chi connectivity index (χ0) is 12.2. The van der Waals surface area contributed by atoms with Gasteiger partial charge in [0.2, 0.25) is 0 Å². The van der Waals surface area contributed by atoms with Gasteiger partial charge in [-0.15, -0.1) is 0 Å². The smallest absolute Gasteiger partial charge is 0.0621 e. The van der Waals surface area contributed by atoms with Crippen LogP contribution in [0.3, 0.4) is 0 Å². The number of nitriles is 1. The van der Waals surface area contributed by atoms with Gasteiger partial charge in [0.25, 0.3) is 0 Å². The van der Waals surface area contributed by atoms with Gasteiger partial charge in [-0.05, 0) is 37.8 Å². The van der Waals surface area contributed by atoms with Gasteiger partial charge in [-0.3, -0.25) is 4.68 Å². The molecule has 0 amide bonds. The summed E-state index contributed by atoms with van der Waals surface area (Å²) in [7, 11) is 0. The molecule has 0 aliphatic rings. The third kappa shape index (κ3) is 3.30. The molecular formula is C13H21N3. The van der Waals surface area contributed by atoms with Gasteiger partial charge >= 0.3 is 0 Å².